The lowest BCUT2D eigenvalue weighted by atomic mass is 9.76. The third-order valence-electron chi connectivity index (χ3n) is 5.94. The van der Waals surface area contributed by atoms with Crippen molar-refractivity contribution in [3.8, 4) is 0 Å². The van der Waals surface area contributed by atoms with Crippen LogP contribution in [0.5, 0.6) is 0 Å². The van der Waals surface area contributed by atoms with Crippen LogP contribution in [0.4, 0.5) is 5.69 Å². The van der Waals surface area contributed by atoms with E-state index in [4.69, 9.17) is 0 Å². The van der Waals surface area contributed by atoms with Crippen LogP contribution in [0.3, 0.4) is 0 Å². The number of nitrogens with one attached hydrogen (secondary N) is 1. The number of hydrogen-bond acceptors (Lipinski definition) is 6. The zero-order valence-corrected chi connectivity index (χ0v) is 20.6. The Bertz CT molecular complexity index is 1000. The van der Waals surface area contributed by atoms with Gasteiger partial charge in [0.1, 0.15) is 4.90 Å². The van der Waals surface area contributed by atoms with Gasteiger partial charge in [-0.1, -0.05) is 20.8 Å². The van der Waals surface area contributed by atoms with Crippen LogP contribution < -0.4 is 5.32 Å². The van der Waals surface area contributed by atoms with Gasteiger partial charge in [0.05, 0.1) is 4.92 Å². The number of likely N-dealkylation sites (tertiary alicyclic amines) is 1. The highest BCUT2D eigenvalue weighted by atomic mass is 32.2. The van der Waals surface area contributed by atoms with Crippen LogP contribution >= 0.6 is 0 Å². The topological polar surface area (TPSA) is 147 Å². The number of amides is 3. The second kappa shape index (κ2) is 9.30. The van der Waals surface area contributed by atoms with Gasteiger partial charge in [-0.15, -0.1) is 0 Å². The van der Waals surface area contributed by atoms with E-state index in [1.165, 1.54) is 11.0 Å². The molecule has 11 heteroatoms. The van der Waals surface area contributed by atoms with Crippen LogP contribution in [0, 0.1) is 15.5 Å². The van der Waals surface area contributed by atoms with Crippen molar-refractivity contribution in [3.05, 3.63) is 33.9 Å². The fraction of sp³-hybridized carbons (Fsp3) is 0.591. The Morgan fingerprint density at radius 2 is 1.79 bits per heavy atom. The molecule has 1 aliphatic rings. The predicted molar refractivity (Wildman–Crippen MR) is 122 cm³/mol. The van der Waals surface area contributed by atoms with Crippen molar-refractivity contribution in [1.29, 1.82) is 0 Å². The van der Waals surface area contributed by atoms with Crippen molar-refractivity contribution in [1.82, 2.24) is 10.2 Å². The molecule has 1 aromatic carbocycles. The van der Waals surface area contributed by atoms with E-state index in [0.29, 0.717) is 6.42 Å². The van der Waals surface area contributed by atoms with E-state index >= 15 is 0 Å². The molecule has 182 valence electrons. The summed E-state index contributed by atoms with van der Waals surface area (Å²) in [4.78, 5) is 49.9. The van der Waals surface area contributed by atoms with Crippen molar-refractivity contribution in [3.63, 3.8) is 0 Å². The number of piperidine rings is 1. The van der Waals surface area contributed by atoms with Gasteiger partial charge in [-0.3, -0.25) is 29.4 Å². The molecule has 0 saturated carbocycles. The normalized spacial score (nSPS) is 19.1. The minimum absolute atomic E-state index is 0.0472. The summed E-state index contributed by atoms with van der Waals surface area (Å²) >= 11 is -2.57. The molecular weight excluding hydrogens is 450 g/mol. The molecule has 2 rings (SSSR count). The number of nitrogens with zero attached hydrogens (tertiary/aromatic N) is 2. The Balaban J connectivity index is 2.27. The average Bonchev–Trinajstić information content (AvgIpc) is 2.64. The van der Waals surface area contributed by atoms with Gasteiger partial charge in [0.2, 0.25) is 11.8 Å². The summed E-state index contributed by atoms with van der Waals surface area (Å²) in [6, 6.07) is 3.26. The number of rotatable bonds is 8. The Morgan fingerprint density at radius 1 is 1.24 bits per heavy atom. The number of imide groups is 1. The van der Waals surface area contributed by atoms with E-state index in [1.54, 1.807) is 13.8 Å². The van der Waals surface area contributed by atoms with Gasteiger partial charge < -0.3 is 9.87 Å². The molecule has 2 unspecified atom stereocenters. The van der Waals surface area contributed by atoms with Crippen molar-refractivity contribution in [2.24, 2.45) is 5.41 Å². The highest BCUT2D eigenvalue weighted by molar-refractivity contribution is 7.79. The van der Waals surface area contributed by atoms with Crippen molar-refractivity contribution in [2.75, 3.05) is 0 Å². The van der Waals surface area contributed by atoms with Gasteiger partial charge in [0, 0.05) is 35.5 Å². The fourth-order valence-corrected chi connectivity index (χ4v) is 4.96. The van der Waals surface area contributed by atoms with Gasteiger partial charge in [0.15, 0.2) is 11.1 Å². The van der Waals surface area contributed by atoms with E-state index in [-0.39, 0.29) is 36.6 Å². The molecule has 1 aliphatic heterocycles. The lowest BCUT2D eigenvalue weighted by Gasteiger charge is -2.48. The van der Waals surface area contributed by atoms with Crippen molar-refractivity contribution >= 4 is 34.5 Å². The number of benzene rings is 1. The summed E-state index contributed by atoms with van der Waals surface area (Å²) in [5, 5.41) is 14.1. The Hall–Kier alpha value is -2.66. The quantitative estimate of drug-likeness (QED) is 0.250. The standard InChI is InChI=1S/C22H31N3O7S/c1-7-22(6,24-17(26)11-20(2,3)12-18(24)27)13-21(4,5)23-19(28)14-8-9-16(33(31)32)15(10-14)25(29)30/h8-10H,7,11-13H2,1-6H3,(H,23,28)(H,31,32). The molecule has 33 heavy (non-hydrogen) atoms. The van der Waals surface area contributed by atoms with Gasteiger partial charge in [-0.2, -0.15) is 0 Å². The Kier molecular flexibility index (Phi) is 7.49. The van der Waals surface area contributed by atoms with E-state index < -0.39 is 49.0 Å². The lowest BCUT2D eigenvalue weighted by Crippen LogP contribution is -2.61. The van der Waals surface area contributed by atoms with Crippen molar-refractivity contribution < 1.29 is 28.1 Å². The van der Waals surface area contributed by atoms with Crippen LogP contribution in [-0.4, -0.2) is 47.4 Å². The first-order valence-electron chi connectivity index (χ1n) is 10.6. The summed E-state index contributed by atoms with van der Waals surface area (Å²) in [5.74, 6) is -1.11. The maximum Gasteiger partial charge on any atom is 0.288 e. The van der Waals surface area contributed by atoms with Crippen LogP contribution in [0.25, 0.3) is 0 Å². The second-order valence-electron chi connectivity index (χ2n) is 10.2. The van der Waals surface area contributed by atoms with Crippen LogP contribution in [0.15, 0.2) is 23.1 Å². The van der Waals surface area contributed by atoms with E-state index in [1.807, 2.05) is 27.7 Å². The van der Waals surface area contributed by atoms with Gasteiger partial charge in [0.25, 0.3) is 11.6 Å². The molecule has 2 atom stereocenters. The minimum atomic E-state index is -2.57. The first-order chi connectivity index (χ1) is 15.0. The maximum atomic E-state index is 12.9. The predicted octanol–water partition coefficient (Wildman–Crippen LogP) is 3.42. The zero-order chi connectivity index (χ0) is 25.4. The van der Waals surface area contributed by atoms with Crippen LogP contribution in [0.2, 0.25) is 0 Å². The van der Waals surface area contributed by atoms with Crippen LogP contribution in [-0.2, 0) is 20.7 Å². The molecule has 2 N–H and O–H groups in total. The third-order valence-corrected chi connectivity index (χ3v) is 6.66. The molecule has 0 aromatic heterocycles. The first kappa shape index (κ1) is 26.6. The Morgan fingerprint density at radius 3 is 2.24 bits per heavy atom. The van der Waals surface area contributed by atoms with Crippen LogP contribution in [0.1, 0.15) is 77.6 Å². The summed E-state index contributed by atoms with van der Waals surface area (Å²) in [6.45, 7) is 10.9. The molecule has 0 bridgehead atoms. The summed E-state index contributed by atoms with van der Waals surface area (Å²) in [5.41, 5.74) is -2.81. The van der Waals surface area contributed by atoms with Gasteiger partial charge >= 0.3 is 0 Å². The third kappa shape index (κ3) is 6.02. The average molecular weight is 482 g/mol. The summed E-state index contributed by atoms with van der Waals surface area (Å²) in [6.07, 6.45) is 1.25. The van der Waals surface area contributed by atoms with Crippen molar-refractivity contribution in [2.45, 2.75) is 83.2 Å². The maximum absolute atomic E-state index is 12.9. The highest BCUT2D eigenvalue weighted by Gasteiger charge is 2.47. The number of nitro benzene ring substituents is 1. The SMILES string of the molecule is CCC(C)(CC(C)(C)NC(=O)c1ccc(S(=O)O)c([N+](=O)[O-])c1)N1C(=O)CC(C)(C)CC1=O. The summed E-state index contributed by atoms with van der Waals surface area (Å²) < 4.78 is 20.5. The largest absolute Gasteiger partial charge is 0.347 e. The molecule has 1 fully saturated rings. The molecule has 0 spiro atoms. The smallest absolute Gasteiger partial charge is 0.288 e. The minimum Gasteiger partial charge on any atom is -0.347 e. The molecular formula is C22H31N3O7S. The number of carbonyl (C=O) groups is 3. The zero-order valence-electron chi connectivity index (χ0n) is 19.8. The molecule has 3 amide bonds. The summed E-state index contributed by atoms with van der Waals surface area (Å²) in [7, 11) is 0. The van der Waals surface area contributed by atoms with E-state index in [2.05, 4.69) is 5.32 Å². The molecule has 1 aromatic rings. The highest BCUT2D eigenvalue weighted by Crippen LogP contribution is 2.39. The molecule has 1 heterocycles. The first-order valence-corrected chi connectivity index (χ1v) is 11.7. The van der Waals surface area contributed by atoms with E-state index in [0.717, 1.165) is 12.1 Å². The number of nitro groups is 1. The fourth-order valence-electron chi connectivity index (χ4n) is 4.47. The lowest BCUT2D eigenvalue weighted by molar-refractivity contribution is -0.387. The Labute approximate surface area is 195 Å². The van der Waals surface area contributed by atoms with Gasteiger partial charge in [-0.25, -0.2) is 4.21 Å². The second-order valence-corrected chi connectivity index (χ2v) is 11.1. The molecule has 1 saturated heterocycles. The molecule has 0 radical (unpaired) electrons. The monoisotopic (exact) mass is 481 g/mol. The number of carbonyl (C=O) groups excluding carboxylic acids is 3. The molecule has 10 nitrogen and oxygen atoms in total. The number of hydrogen-bond donors (Lipinski definition) is 2. The molecule has 0 aliphatic carbocycles. The van der Waals surface area contributed by atoms with E-state index in [9.17, 15) is 33.3 Å². The van der Waals surface area contributed by atoms with Gasteiger partial charge in [-0.05, 0) is 51.2 Å².